The predicted octanol–water partition coefficient (Wildman–Crippen LogP) is 3.07. The van der Waals surface area contributed by atoms with Crippen LogP contribution in [0.2, 0.25) is 0 Å². The minimum atomic E-state index is -0.00614. The van der Waals surface area contributed by atoms with Gasteiger partial charge in [-0.1, -0.05) is 26.7 Å². The fourth-order valence-electron chi connectivity index (χ4n) is 2.51. The third kappa shape index (κ3) is 3.87. The first-order valence-electron chi connectivity index (χ1n) is 6.71. The minimum absolute atomic E-state index is 0.00614. The van der Waals surface area contributed by atoms with Crippen LogP contribution in [0, 0.1) is 12.3 Å². The molecule has 0 aliphatic heterocycles. The largest absolute Gasteiger partial charge is 0.268 e. The molecule has 0 N–H and O–H groups in total. The molecule has 0 aliphatic rings. The highest BCUT2D eigenvalue weighted by Crippen LogP contribution is 2.32. The van der Waals surface area contributed by atoms with Gasteiger partial charge in [0.1, 0.15) is 0 Å². The van der Waals surface area contributed by atoms with E-state index in [1.54, 1.807) is 16.9 Å². The van der Waals surface area contributed by atoms with Gasteiger partial charge in [-0.3, -0.25) is 4.79 Å². The fraction of sp³-hybridized carbons (Fsp3) is 0.714. The summed E-state index contributed by atoms with van der Waals surface area (Å²) >= 11 is 4.51. The number of hydrogen-bond acceptors (Lipinski definition) is 3. The van der Waals surface area contributed by atoms with Crippen molar-refractivity contribution in [3.05, 3.63) is 28.2 Å². The lowest BCUT2D eigenvalue weighted by Gasteiger charge is -2.32. The third-order valence-corrected chi connectivity index (χ3v) is 4.06. The molecule has 0 saturated heterocycles. The number of hydrogen-bond donors (Lipinski definition) is 1. The Labute approximate surface area is 115 Å². The minimum Gasteiger partial charge on any atom is -0.268 e. The number of rotatable bonds is 7. The Morgan fingerprint density at radius 1 is 1.33 bits per heavy atom. The first kappa shape index (κ1) is 15.3. The molecule has 1 heterocycles. The van der Waals surface area contributed by atoms with Crippen molar-refractivity contribution in [3.63, 3.8) is 0 Å². The van der Waals surface area contributed by atoms with Gasteiger partial charge in [0.25, 0.3) is 5.56 Å². The summed E-state index contributed by atoms with van der Waals surface area (Å²) in [5.41, 5.74) is 1.01. The van der Waals surface area contributed by atoms with Crippen molar-refractivity contribution in [1.82, 2.24) is 9.78 Å². The summed E-state index contributed by atoms with van der Waals surface area (Å²) in [6.45, 7) is 6.93. The van der Waals surface area contributed by atoms with Crippen LogP contribution in [-0.4, -0.2) is 15.5 Å². The van der Waals surface area contributed by atoms with Gasteiger partial charge in [-0.05, 0) is 36.5 Å². The van der Waals surface area contributed by atoms with Crippen LogP contribution in [0.1, 0.15) is 45.1 Å². The van der Waals surface area contributed by atoms with Crippen LogP contribution in [0.3, 0.4) is 0 Å². The zero-order valence-electron chi connectivity index (χ0n) is 11.6. The number of nitrogens with zero attached hydrogens (tertiary/aromatic N) is 2. The van der Waals surface area contributed by atoms with Gasteiger partial charge in [-0.25, -0.2) is 4.68 Å². The molecule has 0 atom stereocenters. The van der Waals surface area contributed by atoms with Crippen molar-refractivity contribution < 1.29 is 0 Å². The van der Waals surface area contributed by atoms with Gasteiger partial charge in [0.2, 0.25) is 0 Å². The van der Waals surface area contributed by atoms with E-state index in [0.717, 1.165) is 37.0 Å². The van der Waals surface area contributed by atoms with Gasteiger partial charge in [0.05, 0.1) is 12.7 Å². The van der Waals surface area contributed by atoms with Crippen molar-refractivity contribution in [3.8, 4) is 0 Å². The molecule has 0 saturated carbocycles. The van der Waals surface area contributed by atoms with E-state index in [1.807, 2.05) is 6.92 Å². The van der Waals surface area contributed by atoms with Gasteiger partial charge in [0.15, 0.2) is 0 Å². The van der Waals surface area contributed by atoms with E-state index >= 15 is 0 Å². The summed E-state index contributed by atoms with van der Waals surface area (Å²) in [5, 5.41) is 4.25. The normalized spacial score (nSPS) is 11.8. The van der Waals surface area contributed by atoms with Crippen LogP contribution >= 0.6 is 12.6 Å². The molecule has 0 fully saturated rings. The Kier molecular flexibility index (Phi) is 5.93. The summed E-state index contributed by atoms with van der Waals surface area (Å²) in [4.78, 5) is 11.9. The molecule has 0 radical (unpaired) electrons. The van der Waals surface area contributed by atoms with Gasteiger partial charge in [-0.2, -0.15) is 17.7 Å². The first-order valence-corrected chi connectivity index (χ1v) is 7.35. The highest BCUT2D eigenvalue weighted by atomic mass is 32.1. The summed E-state index contributed by atoms with van der Waals surface area (Å²) in [5.74, 6) is 0.802. The van der Waals surface area contributed by atoms with E-state index in [-0.39, 0.29) is 11.0 Å². The lowest BCUT2D eigenvalue weighted by atomic mass is 9.81. The van der Waals surface area contributed by atoms with Crippen LogP contribution in [0.5, 0.6) is 0 Å². The van der Waals surface area contributed by atoms with Crippen LogP contribution in [0.15, 0.2) is 17.1 Å². The molecule has 102 valence electrons. The van der Waals surface area contributed by atoms with E-state index in [4.69, 9.17) is 0 Å². The van der Waals surface area contributed by atoms with Gasteiger partial charge in [0, 0.05) is 6.07 Å². The smallest absolute Gasteiger partial charge is 0.267 e. The van der Waals surface area contributed by atoms with Crippen LogP contribution in [-0.2, 0) is 6.54 Å². The maximum absolute atomic E-state index is 11.9. The van der Waals surface area contributed by atoms with Gasteiger partial charge < -0.3 is 0 Å². The lowest BCUT2D eigenvalue weighted by molar-refractivity contribution is 0.217. The molecule has 1 aromatic rings. The SMILES string of the molecule is CCCC(CS)(CCC)Cn1ncc(C)cc1=O. The summed E-state index contributed by atoms with van der Waals surface area (Å²) in [6, 6.07) is 1.65. The van der Waals surface area contributed by atoms with Crippen molar-refractivity contribution in [1.29, 1.82) is 0 Å². The Bertz CT molecular complexity index is 422. The van der Waals surface area contributed by atoms with Crippen LogP contribution in [0.4, 0.5) is 0 Å². The van der Waals surface area contributed by atoms with Crippen LogP contribution in [0.25, 0.3) is 0 Å². The standard InChI is InChI=1S/C14H24N2OS/c1-4-6-14(11-18,7-5-2)10-16-13(17)8-12(3)9-15-16/h8-9,18H,4-7,10-11H2,1-3H3. The van der Waals surface area contributed by atoms with E-state index in [1.165, 1.54) is 0 Å². The topological polar surface area (TPSA) is 34.9 Å². The molecule has 0 bridgehead atoms. The Balaban J connectivity index is 2.98. The third-order valence-electron chi connectivity index (χ3n) is 3.39. The number of aryl methyl sites for hydroxylation is 1. The van der Waals surface area contributed by atoms with Crippen molar-refractivity contribution in [2.45, 2.75) is 53.0 Å². The highest BCUT2D eigenvalue weighted by molar-refractivity contribution is 7.80. The average Bonchev–Trinajstić information content (AvgIpc) is 2.33. The molecule has 3 nitrogen and oxygen atoms in total. The zero-order valence-corrected chi connectivity index (χ0v) is 12.5. The molecule has 4 heteroatoms. The maximum Gasteiger partial charge on any atom is 0.267 e. The Hall–Kier alpha value is -0.770. The van der Waals surface area contributed by atoms with Gasteiger partial charge in [-0.15, -0.1) is 0 Å². The average molecular weight is 268 g/mol. The molecule has 18 heavy (non-hydrogen) atoms. The Morgan fingerprint density at radius 2 is 1.94 bits per heavy atom. The lowest BCUT2D eigenvalue weighted by Crippen LogP contribution is -2.35. The molecule has 1 aromatic heterocycles. The summed E-state index contributed by atoms with van der Waals surface area (Å²) < 4.78 is 1.59. The molecule has 0 amide bonds. The Morgan fingerprint density at radius 3 is 2.39 bits per heavy atom. The molecule has 0 unspecified atom stereocenters. The van der Waals surface area contributed by atoms with Crippen molar-refractivity contribution in [2.24, 2.45) is 5.41 Å². The molecular weight excluding hydrogens is 244 g/mol. The molecule has 0 aliphatic carbocycles. The first-order chi connectivity index (χ1) is 8.56. The van der Waals surface area contributed by atoms with E-state index < -0.39 is 0 Å². The monoisotopic (exact) mass is 268 g/mol. The predicted molar refractivity (Wildman–Crippen MR) is 79.3 cm³/mol. The molecular formula is C14H24N2OS. The number of thiol groups is 1. The van der Waals surface area contributed by atoms with E-state index in [2.05, 4.69) is 31.6 Å². The zero-order chi connectivity index (χ0) is 13.6. The maximum atomic E-state index is 11.9. The second-order valence-electron chi connectivity index (χ2n) is 5.19. The van der Waals surface area contributed by atoms with Crippen LogP contribution < -0.4 is 5.56 Å². The van der Waals surface area contributed by atoms with E-state index in [0.29, 0.717) is 6.54 Å². The van der Waals surface area contributed by atoms with Crippen molar-refractivity contribution >= 4 is 12.6 Å². The van der Waals surface area contributed by atoms with Crippen molar-refractivity contribution in [2.75, 3.05) is 5.75 Å². The second-order valence-corrected chi connectivity index (χ2v) is 5.50. The molecule has 0 spiro atoms. The second kappa shape index (κ2) is 6.98. The van der Waals surface area contributed by atoms with E-state index in [9.17, 15) is 4.79 Å². The molecule has 0 aromatic carbocycles. The molecule has 1 rings (SSSR count). The highest BCUT2D eigenvalue weighted by Gasteiger charge is 2.28. The quantitative estimate of drug-likeness (QED) is 0.771. The fourth-order valence-corrected chi connectivity index (χ4v) is 2.93. The summed E-state index contributed by atoms with van der Waals surface area (Å²) in [6.07, 6.45) is 6.16. The summed E-state index contributed by atoms with van der Waals surface area (Å²) in [7, 11) is 0. The van der Waals surface area contributed by atoms with Gasteiger partial charge >= 0.3 is 0 Å². The number of aromatic nitrogens is 2.